The van der Waals surface area contributed by atoms with Crippen molar-refractivity contribution in [2.75, 3.05) is 13.2 Å². The van der Waals surface area contributed by atoms with Gasteiger partial charge in [0, 0.05) is 18.7 Å². The predicted octanol–water partition coefficient (Wildman–Crippen LogP) is 2.47. The van der Waals surface area contributed by atoms with Crippen molar-refractivity contribution in [2.24, 2.45) is 22.7 Å². The Morgan fingerprint density at radius 2 is 1.92 bits per heavy atom. The van der Waals surface area contributed by atoms with Gasteiger partial charge in [0.15, 0.2) is 0 Å². The van der Waals surface area contributed by atoms with E-state index in [4.69, 9.17) is 4.74 Å². The van der Waals surface area contributed by atoms with E-state index in [-0.39, 0.29) is 42.3 Å². The molecule has 1 heterocycles. The third-order valence-corrected chi connectivity index (χ3v) is 5.75. The Hall–Kier alpha value is -1.91. The van der Waals surface area contributed by atoms with Crippen LogP contribution in [0.4, 0.5) is 0 Å². The molecule has 3 aliphatic rings. The van der Waals surface area contributed by atoms with Crippen LogP contribution in [0, 0.1) is 22.7 Å². The van der Waals surface area contributed by atoms with Crippen molar-refractivity contribution >= 4 is 17.8 Å². The van der Waals surface area contributed by atoms with Crippen LogP contribution in [0.1, 0.15) is 40.0 Å². The third kappa shape index (κ3) is 2.60. The molecule has 1 fully saturated rings. The predicted molar refractivity (Wildman–Crippen MR) is 88.7 cm³/mol. The molecule has 0 radical (unpaired) electrons. The summed E-state index contributed by atoms with van der Waals surface area (Å²) >= 11 is 0. The first kappa shape index (κ1) is 16.9. The molecule has 1 aliphatic heterocycles. The Morgan fingerprint density at radius 1 is 1.25 bits per heavy atom. The van der Waals surface area contributed by atoms with E-state index in [1.807, 2.05) is 0 Å². The number of esters is 1. The molecule has 0 saturated heterocycles. The normalized spacial score (nSPS) is 31.4. The van der Waals surface area contributed by atoms with Crippen LogP contribution >= 0.6 is 0 Å². The molecule has 3 atom stereocenters. The van der Waals surface area contributed by atoms with E-state index >= 15 is 0 Å². The quantitative estimate of drug-likeness (QED) is 0.336. The van der Waals surface area contributed by atoms with Gasteiger partial charge in [-0.1, -0.05) is 32.9 Å². The molecule has 3 unspecified atom stereocenters. The molecular weight excluding hydrogens is 306 g/mol. The fourth-order valence-corrected chi connectivity index (χ4v) is 4.43. The van der Waals surface area contributed by atoms with Crippen LogP contribution in [0.2, 0.25) is 0 Å². The number of hydrogen-bond acceptors (Lipinski definition) is 4. The molecule has 2 bridgehead atoms. The minimum Gasteiger partial charge on any atom is -0.465 e. The Balaban J connectivity index is 1.57. The fraction of sp³-hybridized carbons (Fsp3) is 0.632. The average Bonchev–Trinajstić information content (AvgIpc) is 3.19. The van der Waals surface area contributed by atoms with Gasteiger partial charge in [0.2, 0.25) is 0 Å². The van der Waals surface area contributed by atoms with Crippen molar-refractivity contribution < 1.29 is 19.1 Å². The first-order chi connectivity index (χ1) is 11.3. The Labute approximate surface area is 142 Å². The molecule has 0 spiro atoms. The van der Waals surface area contributed by atoms with Crippen LogP contribution in [0.5, 0.6) is 0 Å². The second kappa shape index (κ2) is 5.87. The van der Waals surface area contributed by atoms with Gasteiger partial charge in [-0.3, -0.25) is 19.3 Å². The summed E-state index contributed by atoms with van der Waals surface area (Å²) in [5.41, 5.74) is -0.633. The van der Waals surface area contributed by atoms with Crippen LogP contribution in [0.15, 0.2) is 24.3 Å². The molecule has 0 aromatic heterocycles. The maximum absolute atomic E-state index is 12.9. The van der Waals surface area contributed by atoms with E-state index in [9.17, 15) is 14.4 Å². The van der Waals surface area contributed by atoms with Crippen LogP contribution in [0.3, 0.4) is 0 Å². The minimum absolute atomic E-state index is 0.135. The number of nitrogens with zero attached hydrogens (tertiary/aromatic N) is 1. The number of amides is 2. The van der Waals surface area contributed by atoms with Crippen molar-refractivity contribution in [2.45, 2.75) is 40.0 Å². The summed E-state index contributed by atoms with van der Waals surface area (Å²) in [5, 5.41) is 0. The Kier molecular flexibility index (Phi) is 4.14. The van der Waals surface area contributed by atoms with E-state index in [2.05, 4.69) is 32.9 Å². The highest BCUT2D eigenvalue weighted by atomic mass is 16.5. The zero-order valence-electron chi connectivity index (χ0n) is 14.6. The molecule has 3 rings (SSSR count). The van der Waals surface area contributed by atoms with Crippen LogP contribution in [-0.2, 0) is 19.1 Å². The van der Waals surface area contributed by atoms with Gasteiger partial charge < -0.3 is 4.74 Å². The van der Waals surface area contributed by atoms with Gasteiger partial charge in [-0.15, -0.1) is 0 Å². The summed E-state index contributed by atoms with van der Waals surface area (Å²) in [6, 6.07) is 0. The van der Waals surface area contributed by atoms with Crippen LogP contribution in [0.25, 0.3) is 0 Å². The second-order valence-electron chi connectivity index (χ2n) is 8.06. The Morgan fingerprint density at radius 3 is 2.42 bits per heavy atom. The average molecular weight is 331 g/mol. The zero-order valence-corrected chi connectivity index (χ0v) is 14.6. The van der Waals surface area contributed by atoms with Crippen molar-refractivity contribution in [3.63, 3.8) is 0 Å². The topological polar surface area (TPSA) is 63.7 Å². The van der Waals surface area contributed by atoms with Gasteiger partial charge in [-0.25, -0.2) is 0 Å². The molecule has 2 amide bonds. The highest BCUT2D eigenvalue weighted by Gasteiger charge is 2.60. The van der Waals surface area contributed by atoms with Crippen LogP contribution in [-0.4, -0.2) is 35.8 Å². The minimum atomic E-state index is -0.465. The van der Waals surface area contributed by atoms with Gasteiger partial charge in [-0.05, 0) is 36.5 Å². The molecule has 2 aliphatic carbocycles. The monoisotopic (exact) mass is 331 g/mol. The van der Waals surface area contributed by atoms with Gasteiger partial charge in [0.1, 0.15) is 0 Å². The summed E-state index contributed by atoms with van der Waals surface area (Å²) in [4.78, 5) is 37.1. The number of fused-ring (bicyclic) bond motifs is 2. The van der Waals surface area contributed by atoms with Gasteiger partial charge in [0.25, 0.3) is 11.8 Å². The highest BCUT2D eigenvalue weighted by molar-refractivity contribution is 6.12. The molecule has 5 heteroatoms. The first-order valence-electron chi connectivity index (χ1n) is 8.65. The lowest BCUT2D eigenvalue weighted by Gasteiger charge is -2.44. The summed E-state index contributed by atoms with van der Waals surface area (Å²) in [5.74, 6) is 0.00383. The molecular formula is C19H25NO4. The lowest BCUT2D eigenvalue weighted by molar-refractivity contribution is -0.166. The maximum Gasteiger partial charge on any atom is 0.313 e. The molecule has 1 saturated carbocycles. The SMILES string of the molecule is CC(C)(C)C1(C(=O)OCCCN2C(=O)C=CC2=O)CC2C=CC1C2. The largest absolute Gasteiger partial charge is 0.465 e. The Bertz CT molecular complexity index is 610. The molecule has 0 aromatic rings. The summed E-state index contributed by atoms with van der Waals surface area (Å²) in [6.07, 6.45) is 9.29. The number of allylic oxidation sites excluding steroid dienone is 2. The number of carbonyl (C=O) groups excluding carboxylic acids is 3. The van der Waals surface area contributed by atoms with E-state index in [1.165, 1.54) is 17.1 Å². The van der Waals surface area contributed by atoms with E-state index in [0.717, 1.165) is 12.8 Å². The fourth-order valence-electron chi connectivity index (χ4n) is 4.43. The molecule has 0 N–H and O–H groups in total. The first-order valence-corrected chi connectivity index (χ1v) is 8.65. The molecule has 130 valence electrons. The molecule has 0 aromatic carbocycles. The highest BCUT2D eigenvalue weighted by Crippen LogP contribution is 2.60. The van der Waals surface area contributed by atoms with Crippen molar-refractivity contribution in [1.82, 2.24) is 4.90 Å². The number of ether oxygens (including phenoxy) is 1. The van der Waals surface area contributed by atoms with Gasteiger partial charge in [-0.2, -0.15) is 0 Å². The smallest absolute Gasteiger partial charge is 0.313 e. The van der Waals surface area contributed by atoms with Gasteiger partial charge in [0.05, 0.1) is 12.0 Å². The van der Waals surface area contributed by atoms with E-state index in [0.29, 0.717) is 12.3 Å². The number of hydrogen-bond donors (Lipinski definition) is 0. The standard InChI is InChI=1S/C19H25NO4/c1-18(2,3)19(12-13-5-6-14(19)11-13)17(23)24-10-4-9-20-15(21)7-8-16(20)22/h5-8,13-14H,4,9-12H2,1-3H3. The number of rotatable bonds is 5. The van der Waals surface area contributed by atoms with E-state index < -0.39 is 5.41 Å². The summed E-state index contributed by atoms with van der Waals surface area (Å²) < 4.78 is 5.60. The van der Waals surface area contributed by atoms with Crippen molar-refractivity contribution in [1.29, 1.82) is 0 Å². The van der Waals surface area contributed by atoms with Gasteiger partial charge >= 0.3 is 5.97 Å². The van der Waals surface area contributed by atoms with Crippen LogP contribution < -0.4 is 0 Å². The van der Waals surface area contributed by atoms with Crippen molar-refractivity contribution in [3.8, 4) is 0 Å². The number of imide groups is 1. The lowest BCUT2D eigenvalue weighted by atomic mass is 9.59. The lowest BCUT2D eigenvalue weighted by Crippen LogP contribution is -2.47. The molecule has 24 heavy (non-hydrogen) atoms. The maximum atomic E-state index is 12.9. The third-order valence-electron chi connectivity index (χ3n) is 5.75. The molecule has 5 nitrogen and oxygen atoms in total. The summed E-state index contributed by atoms with van der Waals surface area (Å²) in [7, 11) is 0. The van der Waals surface area contributed by atoms with Crippen molar-refractivity contribution in [3.05, 3.63) is 24.3 Å². The summed E-state index contributed by atoms with van der Waals surface area (Å²) in [6.45, 7) is 6.84. The zero-order chi connectivity index (χ0) is 17.5. The second-order valence-corrected chi connectivity index (χ2v) is 8.06. The van der Waals surface area contributed by atoms with E-state index in [1.54, 1.807) is 0 Å². The number of carbonyl (C=O) groups is 3.